The topological polar surface area (TPSA) is 38.3 Å². The average Bonchev–Trinajstić information content (AvgIpc) is 3.31. The van der Waals surface area contributed by atoms with E-state index in [0.29, 0.717) is 5.92 Å². The Morgan fingerprint density at radius 2 is 2.04 bits per heavy atom. The van der Waals surface area contributed by atoms with E-state index in [0.717, 1.165) is 48.1 Å². The molecule has 1 unspecified atom stereocenters. The molecule has 1 amide bonds. The molecule has 0 saturated heterocycles. The van der Waals surface area contributed by atoms with E-state index in [1.165, 1.54) is 16.9 Å². The number of carbonyl (C=O) groups is 1. The first kappa shape index (κ1) is 16.5. The summed E-state index contributed by atoms with van der Waals surface area (Å²) in [6, 6.07) is 7.00. The monoisotopic (exact) mass is 363 g/mol. The molecule has 1 N–H and O–H groups in total. The van der Waals surface area contributed by atoms with E-state index in [4.69, 9.17) is 0 Å². The number of hydrogen-bond acceptors (Lipinski definition) is 3. The van der Waals surface area contributed by atoms with Crippen LogP contribution < -0.4 is 10.1 Å². The Hall–Kier alpha value is -1.95. The van der Waals surface area contributed by atoms with Crippen LogP contribution in [0, 0.1) is 0 Å². The smallest absolute Gasteiger partial charge is 0.387 e. The molecule has 132 valence electrons. The fourth-order valence-corrected chi connectivity index (χ4v) is 4.45. The lowest BCUT2D eigenvalue weighted by Crippen LogP contribution is -2.31. The minimum atomic E-state index is -2.82. The third-order valence-corrected chi connectivity index (χ3v) is 5.81. The van der Waals surface area contributed by atoms with E-state index in [9.17, 15) is 13.6 Å². The number of rotatable bonds is 5. The summed E-state index contributed by atoms with van der Waals surface area (Å²) in [7, 11) is 0. The molecule has 1 atom stereocenters. The first-order valence-electron chi connectivity index (χ1n) is 8.57. The lowest BCUT2D eigenvalue weighted by Gasteiger charge is -2.27. The minimum absolute atomic E-state index is 0.0253. The second-order valence-electron chi connectivity index (χ2n) is 6.64. The second kappa shape index (κ2) is 6.75. The fourth-order valence-electron chi connectivity index (χ4n) is 3.56. The summed E-state index contributed by atoms with van der Waals surface area (Å²) < 4.78 is 29.3. The number of alkyl halides is 2. The highest BCUT2D eigenvalue weighted by molar-refractivity contribution is 7.12. The highest BCUT2D eigenvalue weighted by atomic mass is 32.1. The van der Waals surface area contributed by atoms with Crippen LogP contribution in [0.15, 0.2) is 29.6 Å². The molecular formula is C19H19F2NO2S. The summed E-state index contributed by atoms with van der Waals surface area (Å²) in [4.78, 5) is 13.5. The number of nitrogens with one attached hydrogen (secondary N) is 1. The van der Waals surface area contributed by atoms with Gasteiger partial charge in [0, 0.05) is 0 Å². The van der Waals surface area contributed by atoms with Gasteiger partial charge < -0.3 is 10.1 Å². The van der Waals surface area contributed by atoms with Gasteiger partial charge in [0.1, 0.15) is 5.75 Å². The van der Waals surface area contributed by atoms with Crippen molar-refractivity contribution >= 4 is 17.2 Å². The van der Waals surface area contributed by atoms with Gasteiger partial charge >= 0.3 is 6.61 Å². The zero-order valence-electron chi connectivity index (χ0n) is 13.6. The molecule has 2 aliphatic rings. The Morgan fingerprint density at radius 3 is 2.80 bits per heavy atom. The van der Waals surface area contributed by atoms with E-state index in [2.05, 4.69) is 16.1 Å². The maximum atomic E-state index is 12.7. The van der Waals surface area contributed by atoms with Crippen LogP contribution in [-0.2, 0) is 6.42 Å². The Morgan fingerprint density at radius 1 is 1.20 bits per heavy atom. The molecule has 0 spiro atoms. The van der Waals surface area contributed by atoms with Crippen LogP contribution >= 0.6 is 11.3 Å². The maximum Gasteiger partial charge on any atom is 0.387 e. The number of fused-ring (bicyclic) bond motifs is 1. The lowest BCUT2D eigenvalue weighted by molar-refractivity contribution is -0.0499. The molecule has 0 aliphatic heterocycles. The van der Waals surface area contributed by atoms with Crippen molar-refractivity contribution in [2.24, 2.45) is 0 Å². The summed E-state index contributed by atoms with van der Waals surface area (Å²) in [5.41, 5.74) is 3.15. The van der Waals surface area contributed by atoms with Gasteiger partial charge in [-0.25, -0.2) is 0 Å². The second-order valence-corrected chi connectivity index (χ2v) is 7.55. The van der Waals surface area contributed by atoms with Crippen LogP contribution in [0.3, 0.4) is 0 Å². The van der Waals surface area contributed by atoms with Crippen molar-refractivity contribution in [3.63, 3.8) is 0 Å². The molecular weight excluding hydrogens is 344 g/mol. The van der Waals surface area contributed by atoms with Crippen LogP contribution in [0.4, 0.5) is 8.78 Å². The van der Waals surface area contributed by atoms with Gasteiger partial charge in [-0.05, 0) is 78.3 Å². The molecule has 2 aliphatic carbocycles. The molecule has 6 heteroatoms. The van der Waals surface area contributed by atoms with Crippen LogP contribution in [0.25, 0.3) is 0 Å². The maximum absolute atomic E-state index is 12.7. The van der Waals surface area contributed by atoms with Crippen molar-refractivity contribution in [2.45, 2.75) is 50.7 Å². The van der Waals surface area contributed by atoms with Crippen molar-refractivity contribution in [2.75, 3.05) is 0 Å². The lowest BCUT2D eigenvalue weighted by atomic mass is 9.87. The predicted molar refractivity (Wildman–Crippen MR) is 92.5 cm³/mol. The first-order valence-corrected chi connectivity index (χ1v) is 9.45. The van der Waals surface area contributed by atoms with Gasteiger partial charge in [0.05, 0.1) is 10.9 Å². The van der Waals surface area contributed by atoms with Crippen molar-refractivity contribution in [1.29, 1.82) is 0 Å². The number of amides is 1. The largest absolute Gasteiger partial charge is 0.435 e. The van der Waals surface area contributed by atoms with E-state index in [1.54, 1.807) is 18.2 Å². The third kappa shape index (κ3) is 3.54. The van der Waals surface area contributed by atoms with Gasteiger partial charge in [-0.15, -0.1) is 11.3 Å². The highest BCUT2D eigenvalue weighted by Crippen LogP contribution is 2.43. The zero-order valence-corrected chi connectivity index (χ0v) is 14.5. The predicted octanol–water partition coefficient (Wildman–Crippen LogP) is 5.03. The van der Waals surface area contributed by atoms with Crippen molar-refractivity contribution < 1.29 is 18.3 Å². The molecule has 1 aromatic heterocycles. The molecule has 25 heavy (non-hydrogen) atoms. The third-order valence-electron chi connectivity index (χ3n) is 4.88. The van der Waals surface area contributed by atoms with Crippen LogP contribution in [0.1, 0.15) is 64.0 Å². The number of hydrogen-bond donors (Lipinski definition) is 1. The first-order chi connectivity index (χ1) is 12.1. The summed E-state index contributed by atoms with van der Waals surface area (Å²) in [6.07, 6.45) is 4.91. The SMILES string of the molecule is O=C(NC1CCCc2cc(OC(F)F)ccc21)c1sccc1C1CC1. The highest BCUT2D eigenvalue weighted by Gasteiger charge is 2.30. The molecule has 3 nitrogen and oxygen atoms in total. The van der Waals surface area contributed by atoms with Gasteiger partial charge in [-0.3, -0.25) is 4.79 Å². The van der Waals surface area contributed by atoms with E-state index < -0.39 is 6.61 Å². The number of aryl methyl sites for hydroxylation is 1. The normalized spacial score (nSPS) is 19.6. The molecule has 4 rings (SSSR count). The van der Waals surface area contributed by atoms with E-state index in [1.807, 2.05) is 5.38 Å². The Labute approximate surface area is 149 Å². The Kier molecular flexibility index (Phi) is 4.46. The van der Waals surface area contributed by atoms with E-state index in [-0.39, 0.29) is 17.7 Å². The van der Waals surface area contributed by atoms with Crippen LogP contribution in [-0.4, -0.2) is 12.5 Å². The van der Waals surface area contributed by atoms with Crippen molar-refractivity contribution in [3.8, 4) is 5.75 Å². The summed E-state index contributed by atoms with van der Waals surface area (Å²) in [5.74, 6) is 0.692. The molecule has 2 aromatic rings. The van der Waals surface area contributed by atoms with Gasteiger partial charge in [0.25, 0.3) is 5.91 Å². The molecule has 1 fully saturated rings. The Balaban J connectivity index is 1.52. The summed E-state index contributed by atoms with van der Waals surface area (Å²) in [5, 5.41) is 5.12. The van der Waals surface area contributed by atoms with E-state index >= 15 is 0 Å². The van der Waals surface area contributed by atoms with Gasteiger partial charge in [-0.1, -0.05) is 6.07 Å². The van der Waals surface area contributed by atoms with Gasteiger partial charge in [0.15, 0.2) is 0 Å². The average molecular weight is 363 g/mol. The number of ether oxygens (including phenoxy) is 1. The number of thiophene rings is 1. The quantitative estimate of drug-likeness (QED) is 0.809. The fraction of sp³-hybridized carbons (Fsp3) is 0.421. The van der Waals surface area contributed by atoms with Crippen LogP contribution in [0.5, 0.6) is 5.75 Å². The van der Waals surface area contributed by atoms with Gasteiger partial charge in [0.2, 0.25) is 0 Å². The van der Waals surface area contributed by atoms with Crippen molar-refractivity contribution in [3.05, 3.63) is 51.2 Å². The minimum Gasteiger partial charge on any atom is -0.435 e. The summed E-state index contributed by atoms with van der Waals surface area (Å²) in [6.45, 7) is -2.82. The molecule has 1 saturated carbocycles. The number of carbonyl (C=O) groups excluding carboxylic acids is 1. The molecule has 1 aromatic carbocycles. The standard InChI is InChI=1S/C19H19F2NO2S/c20-19(21)24-13-6-7-14-12(10-13)2-1-3-16(14)22-18(23)17-15(8-9-25-17)11-4-5-11/h6-11,16,19H,1-5H2,(H,22,23). The molecule has 0 radical (unpaired) electrons. The van der Waals surface area contributed by atoms with Crippen molar-refractivity contribution in [1.82, 2.24) is 5.32 Å². The Bertz CT molecular complexity index is 785. The number of benzene rings is 1. The number of halogens is 2. The molecule has 0 bridgehead atoms. The van der Waals surface area contributed by atoms with Gasteiger partial charge in [-0.2, -0.15) is 8.78 Å². The van der Waals surface area contributed by atoms with Crippen LogP contribution in [0.2, 0.25) is 0 Å². The molecule has 1 heterocycles. The zero-order chi connectivity index (χ0) is 17.4. The summed E-state index contributed by atoms with van der Waals surface area (Å²) >= 11 is 1.49.